The van der Waals surface area contributed by atoms with E-state index in [9.17, 15) is 0 Å². The maximum absolute atomic E-state index is 4.49. The van der Waals surface area contributed by atoms with Crippen molar-refractivity contribution in [2.75, 3.05) is 6.54 Å². The minimum Gasteiger partial charge on any atom is -0.305 e. The Morgan fingerprint density at radius 1 is 1.35 bits per heavy atom. The molecule has 0 radical (unpaired) electrons. The minimum atomic E-state index is -0.0683. The van der Waals surface area contributed by atoms with Crippen LogP contribution in [0.4, 0.5) is 0 Å². The lowest BCUT2D eigenvalue weighted by atomic mass is 9.99. The normalized spacial score (nSPS) is 24.6. The van der Waals surface area contributed by atoms with E-state index in [-0.39, 0.29) is 5.54 Å². The van der Waals surface area contributed by atoms with Crippen molar-refractivity contribution in [2.24, 2.45) is 0 Å². The van der Waals surface area contributed by atoms with E-state index in [2.05, 4.69) is 31.8 Å². The predicted octanol–water partition coefficient (Wildman–Crippen LogP) is 1.34. The number of hydrogen-bond donors (Lipinski definition) is 1. The second kappa shape index (κ2) is 3.50. The molecule has 1 atom stereocenters. The van der Waals surface area contributed by atoms with Crippen molar-refractivity contribution in [2.45, 2.75) is 39.2 Å². The van der Waals surface area contributed by atoms with Crippen LogP contribution in [0.1, 0.15) is 37.1 Å². The molecule has 1 N–H and O–H groups in total. The largest absolute Gasteiger partial charge is 0.305 e. The van der Waals surface area contributed by atoms with Gasteiger partial charge in [-0.3, -0.25) is 4.40 Å². The van der Waals surface area contributed by atoms with Crippen molar-refractivity contribution >= 4 is 5.65 Å². The molecule has 0 aliphatic carbocycles. The minimum absolute atomic E-state index is 0.0683. The Labute approximate surface area is 100 Å². The molecule has 5 nitrogen and oxygen atoms in total. The topological polar surface area (TPSA) is 55.1 Å². The van der Waals surface area contributed by atoms with Crippen molar-refractivity contribution in [3.8, 4) is 0 Å². The van der Waals surface area contributed by atoms with Gasteiger partial charge in [-0.2, -0.15) is 0 Å². The van der Waals surface area contributed by atoms with Crippen molar-refractivity contribution in [3.63, 3.8) is 0 Å². The fourth-order valence-electron chi connectivity index (χ4n) is 2.68. The highest BCUT2D eigenvalue weighted by molar-refractivity contribution is 5.41. The van der Waals surface area contributed by atoms with E-state index in [4.69, 9.17) is 0 Å². The molecule has 0 amide bonds. The number of rotatable bonds is 1. The first-order valence-corrected chi connectivity index (χ1v) is 6.05. The van der Waals surface area contributed by atoms with Crippen molar-refractivity contribution in [3.05, 3.63) is 23.4 Å². The quantitative estimate of drug-likeness (QED) is 0.804. The first-order valence-electron chi connectivity index (χ1n) is 6.05. The summed E-state index contributed by atoms with van der Waals surface area (Å²) in [5.41, 5.74) is 1.81. The van der Waals surface area contributed by atoms with E-state index in [0.29, 0.717) is 0 Å². The summed E-state index contributed by atoms with van der Waals surface area (Å²) in [5.74, 6) is 1.94. The molecular formula is C12H17N5. The van der Waals surface area contributed by atoms with Crippen LogP contribution in [0.5, 0.6) is 0 Å². The van der Waals surface area contributed by atoms with Crippen LogP contribution >= 0.6 is 0 Å². The number of aromatic nitrogens is 4. The molecule has 3 rings (SSSR count). The van der Waals surface area contributed by atoms with Gasteiger partial charge in [-0.25, -0.2) is 4.98 Å². The summed E-state index contributed by atoms with van der Waals surface area (Å²) >= 11 is 0. The fourth-order valence-corrected chi connectivity index (χ4v) is 2.68. The Hall–Kier alpha value is -1.49. The van der Waals surface area contributed by atoms with Crippen LogP contribution < -0.4 is 5.32 Å². The highest BCUT2D eigenvalue weighted by atomic mass is 15.3. The van der Waals surface area contributed by atoms with Gasteiger partial charge in [0.1, 0.15) is 5.82 Å². The maximum Gasteiger partial charge on any atom is 0.164 e. The SMILES string of the molecule is Cc1cc2nnc(C3(C)CCCN3)n2c(C)n1. The van der Waals surface area contributed by atoms with Gasteiger partial charge >= 0.3 is 0 Å². The van der Waals surface area contributed by atoms with E-state index < -0.39 is 0 Å². The Bertz CT molecular complexity index is 566. The van der Waals surface area contributed by atoms with Gasteiger partial charge in [0.2, 0.25) is 0 Å². The van der Waals surface area contributed by atoms with Gasteiger partial charge in [0.15, 0.2) is 11.5 Å². The molecule has 0 spiro atoms. The Morgan fingerprint density at radius 2 is 2.18 bits per heavy atom. The van der Waals surface area contributed by atoms with E-state index in [1.54, 1.807) is 0 Å². The summed E-state index contributed by atoms with van der Waals surface area (Å²) in [6.45, 7) is 7.22. The first-order chi connectivity index (χ1) is 8.10. The number of fused-ring (bicyclic) bond motifs is 1. The molecule has 1 unspecified atom stereocenters. The number of hydrogen-bond acceptors (Lipinski definition) is 4. The average Bonchev–Trinajstić information content (AvgIpc) is 2.84. The summed E-state index contributed by atoms with van der Waals surface area (Å²) in [6, 6.07) is 1.97. The van der Waals surface area contributed by atoms with E-state index in [1.165, 1.54) is 6.42 Å². The molecule has 1 aliphatic rings. The van der Waals surface area contributed by atoms with Gasteiger partial charge in [0.05, 0.1) is 5.54 Å². The highest BCUT2D eigenvalue weighted by Gasteiger charge is 2.35. The summed E-state index contributed by atoms with van der Waals surface area (Å²) in [5, 5.41) is 12.1. The van der Waals surface area contributed by atoms with Gasteiger partial charge in [-0.05, 0) is 40.2 Å². The lowest BCUT2D eigenvalue weighted by Gasteiger charge is -2.22. The molecule has 1 fully saturated rings. The monoisotopic (exact) mass is 231 g/mol. The van der Waals surface area contributed by atoms with Gasteiger partial charge < -0.3 is 5.32 Å². The molecular weight excluding hydrogens is 214 g/mol. The zero-order valence-electron chi connectivity index (χ0n) is 10.5. The lowest BCUT2D eigenvalue weighted by Crippen LogP contribution is -2.35. The molecule has 90 valence electrons. The van der Waals surface area contributed by atoms with Crippen LogP contribution in [0.15, 0.2) is 6.07 Å². The first kappa shape index (κ1) is 10.7. The molecule has 0 bridgehead atoms. The summed E-state index contributed by atoms with van der Waals surface area (Å²) < 4.78 is 2.06. The third kappa shape index (κ3) is 1.53. The smallest absolute Gasteiger partial charge is 0.164 e. The zero-order chi connectivity index (χ0) is 12.0. The van der Waals surface area contributed by atoms with Crippen LogP contribution in [-0.2, 0) is 5.54 Å². The maximum atomic E-state index is 4.49. The van der Waals surface area contributed by atoms with Crippen LogP contribution in [-0.4, -0.2) is 26.1 Å². The van der Waals surface area contributed by atoms with Crippen molar-refractivity contribution in [1.82, 2.24) is 24.9 Å². The number of nitrogens with zero attached hydrogens (tertiary/aromatic N) is 4. The van der Waals surface area contributed by atoms with E-state index in [1.807, 2.05) is 19.9 Å². The summed E-state index contributed by atoms with van der Waals surface area (Å²) in [4.78, 5) is 4.49. The molecule has 0 saturated carbocycles. The molecule has 17 heavy (non-hydrogen) atoms. The lowest BCUT2D eigenvalue weighted by molar-refractivity contribution is 0.401. The van der Waals surface area contributed by atoms with Crippen LogP contribution in [0.3, 0.4) is 0 Å². The highest BCUT2D eigenvalue weighted by Crippen LogP contribution is 2.29. The van der Waals surface area contributed by atoms with Crippen molar-refractivity contribution in [1.29, 1.82) is 0 Å². The second-order valence-electron chi connectivity index (χ2n) is 5.02. The molecule has 2 aromatic rings. The molecule has 0 aromatic carbocycles. The molecule has 1 aliphatic heterocycles. The van der Waals surface area contributed by atoms with Crippen LogP contribution in [0.25, 0.3) is 5.65 Å². The fraction of sp³-hybridized carbons (Fsp3) is 0.583. The third-order valence-corrected chi connectivity index (χ3v) is 3.55. The Kier molecular flexibility index (Phi) is 2.19. The third-order valence-electron chi connectivity index (χ3n) is 3.55. The van der Waals surface area contributed by atoms with E-state index >= 15 is 0 Å². The summed E-state index contributed by atoms with van der Waals surface area (Å²) in [7, 11) is 0. The van der Waals surface area contributed by atoms with Crippen LogP contribution in [0, 0.1) is 13.8 Å². The molecule has 2 aromatic heterocycles. The standard InChI is InChI=1S/C12H17N5/c1-8-7-10-15-16-11(17(10)9(2)14-8)12(3)5-4-6-13-12/h7,13H,4-6H2,1-3H3. The van der Waals surface area contributed by atoms with Crippen molar-refractivity contribution < 1.29 is 0 Å². The predicted molar refractivity (Wildman–Crippen MR) is 64.8 cm³/mol. The number of aryl methyl sites for hydroxylation is 2. The van der Waals surface area contributed by atoms with Crippen LogP contribution in [0.2, 0.25) is 0 Å². The Balaban J connectivity index is 2.24. The summed E-state index contributed by atoms with van der Waals surface area (Å²) in [6.07, 6.45) is 2.28. The van der Waals surface area contributed by atoms with Gasteiger partial charge in [0, 0.05) is 11.8 Å². The van der Waals surface area contributed by atoms with E-state index in [0.717, 1.165) is 36.0 Å². The van der Waals surface area contributed by atoms with Gasteiger partial charge in [-0.1, -0.05) is 0 Å². The average molecular weight is 231 g/mol. The zero-order valence-corrected chi connectivity index (χ0v) is 10.5. The molecule has 3 heterocycles. The van der Waals surface area contributed by atoms with Gasteiger partial charge in [-0.15, -0.1) is 10.2 Å². The number of nitrogens with one attached hydrogen (secondary N) is 1. The van der Waals surface area contributed by atoms with Gasteiger partial charge in [0.25, 0.3) is 0 Å². The second-order valence-corrected chi connectivity index (χ2v) is 5.02. The molecule has 1 saturated heterocycles. The molecule has 5 heteroatoms. The Morgan fingerprint density at radius 3 is 2.88 bits per heavy atom.